The van der Waals surface area contributed by atoms with Gasteiger partial charge in [-0.25, -0.2) is 4.39 Å². The van der Waals surface area contributed by atoms with Gasteiger partial charge in [-0.1, -0.05) is 11.6 Å². The zero-order chi connectivity index (χ0) is 11.9. The molecule has 0 saturated heterocycles. The van der Waals surface area contributed by atoms with Crippen molar-refractivity contribution in [3.8, 4) is 11.1 Å². The van der Waals surface area contributed by atoms with Crippen molar-refractivity contribution in [3.63, 3.8) is 0 Å². The maximum atomic E-state index is 13.5. The summed E-state index contributed by atoms with van der Waals surface area (Å²) in [6.07, 6.45) is 1.59. The van der Waals surface area contributed by atoms with Gasteiger partial charge in [0, 0.05) is 23.2 Å². The van der Waals surface area contributed by atoms with Gasteiger partial charge in [0.05, 0.1) is 6.20 Å². The van der Waals surface area contributed by atoms with Crippen molar-refractivity contribution in [1.82, 2.24) is 9.78 Å². The molecule has 0 amide bonds. The summed E-state index contributed by atoms with van der Waals surface area (Å²) in [6, 6.07) is 3.10. The highest BCUT2D eigenvalue weighted by molar-refractivity contribution is 6.31. The van der Waals surface area contributed by atoms with Crippen LogP contribution in [0.15, 0.2) is 18.3 Å². The van der Waals surface area contributed by atoms with Crippen molar-refractivity contribution in [3.05, 3.63) is 34.7 Å². The first-order valence-corrected chi connectivity index (χ1v) is 5.12. The fourth-order valence-electron chi connectivity index (χ4n) is 1.47. The Morgan fingerprint density at radius 1 is 1.44 bits per heavy atom. The summed E-state index contributed by atoms with van der Waals surface area (Å²) in [4.78, 5) is 0. The fraction of sp³-hybridized carbons (Fsp3) is 0.182. The molecule has 5 heteroatoms. The molecule has 0 aliphatic carbocycles. The molecule has 0 spiro atoms. The topological polar surface area (TPSA) is 43.8 Å². The second-order valence-corrected chi connectivity index (χ2v) is 4.04. The monoisotopic (exact) mass is 239 g/mol. The van der Waals surface area contributed by atoms with Crippen molar-refractivity contribution in [2.75, 3.05) is 5.73 Å². The average molecular weight is 240 g/mol. The minimum Gasteiger partial charge on any atom is -0.383 e. The van der Waals surface area contributed by atoms with E-state index in [2.05, 4.69) is 5.10 Å². The standard InChI is InChI=1S/C11H11ClFN3/c1-6-9(12)3-7(4-10(6)13)8-5-15-16(2)11(8)14/h3-5H,14H2,1-2H3. The first-order chi connectivity index (χ1) is 7.50. The molecule has 1 aromatic heterocycles. The van der Waals surface area contributed by atoms with E-state index in [0.717, 1.165) is 0 Å². The van der Waals surface area contributed by atoms with Crippen LogP contribution in [-0.4, -0.2) is 9.78 Å². The van der Waals surface area contributed by atoms with Crippen molar-refractivity contribution < 1.29 is 4.39 Å². The number of hydrogen-bond donors (Lipinski definition) is 1. The zero-order valence-electron chi connectivity index (χ0n) is 8.96. The van der Waals surface area contributed by atoms with Gasteiger partial charge >= 0.3 is 0 Å². The van der Waals surface area contributed by atoms with E-state index in [0.29, 0.717) is 27.5 Å². The molecule has 0 saturated carbocycles. The van der Waals surface area contributed by atoms with Crippen LogP contribution in [0.1, 0.15) is 5.56 Å². The van der Waals surface area contributed by atoms with Crippen molar-refractivity contribution in [1.29, 1.82) is 0 Å². The Morgan fingerprint density at radius 2 is 2.12 bits per heavy atom. The van der Waals surface area contributed by atoms with E-state index in [1.165, 1.54) is 10.7 Å². The van der Waals surface area contributed by atoms with E-state index >= 15 is 0 Å². The van der Waals surface area contributed by atoms with E-state index in [9.17, 15) is 4.39 Å². The Labute approximate surface area is 97.6 Å². The molecule has 2 aromatic rings. The quantitative estimate of drug-likeness (QED) is 0.832. The predicted octanol–water partition coefficient (Wildman–Crippen LogP) is 2.77. The first-order valence-electron chi connectivity index (χ1n) is 4.74. The summed E-state index contributed by atoms with van der Waals surface area (Å²) in [6.45, 7) is 1.63. The summed E-state index contributed by atoms with van der Waals surface area (Å²) in [5.41, 5.74) is 7.57. The molecule has 1 heterocycles. The second-order valence-electron chi connectivity index (χ2n) is 3.63. The maximum absolute atomic E-state index is 13.5. The van der Waals surface area contributed by atoms with Crippen LogP contribution < -0.4 is 5.73 Å². The predicted molar refractivity (Wildman–Crippen MR) is 62.8 cm³/mol. The van der Waals surface area contributed by atoms with Crippen molar-refractivity contribution in [2.45, 2.75) is 6.92 Å². The van der Waals surface area contributed by atoms with E-state index in [-0.39, 0.29) is 5.82 Å². The van der Waals surface area contributed by atoms with E-state index in [1.54, 1.807) is 26.2 Å². The van der Waals surface area contributed by atoms with Crippen LogP contribution in [0.2, 0.25) is 5.02 Å². The Morgan fingerprint density at radius 3 is 2.62 bits per heavy atom. The molecule has 2 N–H and O–H groups in total. The summed E-state index contributed by atoms with van der Waals surface area (Å²) < 4.78 is 15.0. The molecule has 3 nitrogen and oxygen atoms in total. The number of nitrogen functional groups attached to an aromatic ring is 1. The molecule has 0 bridgehead atoms. The lowest BCUT2D eigenvalue weighted by Crippen LogP contribution is -1.98. The molecule has 1 aromatic carbocycles. The molecular weight excluding hydrogens is 229 g/mol. The Balaban J connectivity index is 2.61. The lowest BCUT2D eigenvalue weighted by Gasteiger charge is -2.05. The molecule has 0 unspecified atom stereocenters. The van der Waals surface area contributed by atoms with Gasteiger partial charge in [0.1, 0.15) is 11.6 Å². The molecule has 16 heavy (non-hydrogen) atoms. The third-order valence-corrected chi connectivity index (χ3v) is 2.97. The largest absolute Gasteiger partial charge is 0.383 e. The van der Waals surface area contributed by atoms with Crippen LogP contribution in [0.3, 0.4) is 0 Å². The van der Waals surface area contributed by atoms with Crippen LogP contribution in [0.5, 0.6) is 0 Å². The Kier molecular flexibility index (Phi) is 2.59. The van der Waals surface area contributed by atoms with Crippen LogP contribution in [0, 0.1) is 12.7 Å². The molecule has 0 aliphatic heterocycles. The number of aromatic nitrogens is 2. The van der Waals surface area contributed by atoms with Crippen LogP contribution >= 0.6 is 11.6 Å². The van der Waals surface area contributed by atoms with Gasteiger partial charge in [-0.2, -0.15) is 5.10 Å². The van der Waals surface area contributed by atoms with Gasteiger partial charge in [-0.3, -0.25) is 4.68 Å². The molecule has 0 radical (unpaired) electrons. The van der Waals surface area contributed by atoms with Gasteiger partial charge in [-0.15, -0.1) is 0 Å². The maximum Gasteiger partial charge on any atom is 0.129 e. The summed E-state index contributed by atoms with van der Waals surface area (Å²) in [7, 11) is 1.73. The summed E-state index contributed by atoms with van der Waals surface area (Å²) in [5, 5.41) is 4.39. The van der Waals surface area contributed by atoms with Crippen LogP contribution in [0.4, 0.5) is 10.2 Å². The van der Waals surface area contributed by atoms with E-state index < -0.39 is 0 Å². The van der Waals surface area contributed by atoms with Gasteiger partial charge < -0.3 is 5.73 Å². The van der Waals surface area contributed by atoms with E-state index in [4.69, 9.17) is 17.3 Å². The molecule has 0 fully saturated rings. The number of rotatable bonds is 1. The van der Waals surface area contributed by atoms with Gasteiger partial charge in [-0.05, 0) is 24.6 Å². The number of hydrogen-bond acceptors (Lipinski definition) is 2. The number of anilines is 1. The second kappa shape index (κ2) is 3.79. The third kappa shape index (κ3) is 1.65. The molecular formula is C11H11ClFN3. The highest BCUT2D eigenvalue weighted by Gasteiger charge is 2.11. The number of halogens is 2. The van der Waals surface area contributed by atoms with Gasteiger partial charge in [0.25, 0.3) is 0 Å². The Bertz CT molecular complexity index is 525. The lowest BCUT2D eigenvalue weighted by molar-refractivity contribution is 0.619. The highest BCUT2D eigenvalue weighted by Crippen LogP contribution is 2.30. The highest BCUT2D eigenvalue weighted by atomic mass is 35.5. The number of nitrogens with zero attached hydrogens (tertiary/aromatic N) is 2. The Hall–Kier alpha value is -1.55. The lowest BCUT2D eigenvalue weighted by atomic mass is 10.1. The SMILES string of the molecule is Cc1c(F)cc(-c2cnn(C)c2N)cc1Cl. The van der Waals surface area contributed by atoms with Gasteiger partial charge in [0.2, 0.25) is 0 Å². The van der Waals surface area contributed by atoms with E-state index in [1.807, 2.05) is 0 Å². The number of nitrogens with two attached hydrogens (primary N) is 1. The first kappa shape index (κ1) is 11.0. The van der Waals surface area contributed by atoms with Crippen LogP contribution in [-0.2, 0) is 7.05 Å². The normalized spacial score (nSPS) is 10.8. The zero-order valence-corrected chi connectivity index (χ0v) is 9.72. The van der Waals surface area contributed by atoms with Gasteiger partial charge in [0.15, 0.2) is 0 Å². The third-order valence-electron chi connectivity index (χ3n) is 2.58. The minimum atomic E-state index is -0.342. The molecule has 2 rings (SSSR count). The average Bonchev–Trinajstić information content (AvgIpc) is 2.56. The molecule has 0 aliphatic rings. The van der Waals surface area contributed by atoms with Crippen molar-refractivity contribution >= 4 is 17.4 Å². The fourth-order valence-corrected chi connectivity index (χ4v) is 1.68. The van der Waals surface area contributed by atoms with Crippen LogP contribution in [0.25, 0.3) is 11.1 Å². The number of benzene rings is 1. The minimum absolute atomic E-state index is 0.342. The smallest absolute Gasteiger partial charge is 0.129 e. The summed E-state index contributed by atoms with van der Waals surface area (Å²) in [5.74, 6) is 0.144. The number of aryl methyl sites for hydroxylation is 1. The molecule has 84 valence electrons. The molecule has 0 atom stereocenters. The summed E-state index contributed by atoms with van der Waals surface area (Å²) >= 11 is 5.92. The van der Waals surface area contributed by atoms with Crippen molar-refractivity contribution in [2.24, 2.45) is 7.05 Å².